The van der Waals surface area contributed by atoms with Crippen LogP contribution in [0.2, 0.25) is 5.02 Å². The summed E-state index contributed by atoms with van der Waals surface area (Å²) >= 11 is 5.75. The molecule has 0 saturated heterocycles. The Kier molecular flexibility index (Phi) is 5.38. The smallest absolute Gasteiger partial charge is 0.267 e. The van der Waals surface area contributed by atoms with E-state index in [4.69, 9.17) is 16.8 Å². The van der Waals surface area contributed by atoms with Crippen molar-refractivity contribution < 1.29 is 18.4 Å². The Morgan fingerprint density at radius 3 is 2.22 bits per heavy atom. The molecule has 0 heterocycles. The summed E-state index contributed by atoms with van der Waals surface area (Å²) in [6.07, 6.45) is 2.56. The molecule has 23 heavy (non-hydrogen) atoms. The zero-order chi connectivity index (χ0) is 16.9. The normalized spacial score (nSPS) is 11.4. The SMILES string of the molecule is O=C(/C=C/c1ccc(S(=O)(=O)Nc2ccc(Cl)cc2)cc1)NO. The number of benzene rings is 2. The van der Waals surface area contributed by atoms with Gasteiger partial charge in [0, 0.05) is 16.8 Å². The Labute approximate surface area is 138 Å². The minimum absolute atomic E-state index is 0.0798. The first kappa shape index (κ1) is 17.0. The summed E-state index contributed by atoms with van der Waals surface area (Å²) in [7, 11) is -3.72. The summed E-state index contributed by atoms with van der Waals surface area (Å²) in [4.78, 5) is 11.0. The van der Waals surface area contributed by atoms with Crippen LogP contribution in [-0.4, -0.2) is 19.5 Å². The highest BCUT2D eigenvalue weighted by Crippen LogP contribution is 2.19. The maximum atomic E-state index is 12.3. The first-order chi connectivity index (χ1) is 10.9. The van der Waals surface area contributed by atoms with Crippen molar-refractivity contribution in [1.82, 2.24) is 5.48 Å². The second-order valence-corrected chi connectivity index (χ2v) is 6.61. The van der Waals surface area contributed by atoms with Gasteiger partial charge in [-0.25, -0.2) is 13.9 Å². The third kappa shape index (κ3) is 4.82. The summed E-state index contributed by atoms with van der Waals surface area (Å²) in [5.74, 6) is -0.675. The molecule has 6 nitrogen and oxygen atoms in total. The number of anilines is 1. The maximum absolute atomic E-state index is 12.3. The fourth-order valence-corrected chi connectivity index (χ4v) is 2.88. The van der Waals surface area contributed by atoms with Crippen LogP contribution in [0.5, 0.6) is 0 Å². The van der Waals surface area contributed by atoms with Gasteiger partial charge in [-0.05, 0) is 48.0 Å². The van der Waals surface area contributed by atoms with E-state index in [1.54, 1.807) is 24.3 Å². The summed E-state index contributed by atoms with van der Waals surface area (Å²) in [6.45, 7) is 0. The molecule has 0 radical (unpaired) electrons. The van der Waals surface area contributed by atoms with Crippen molar-refractivity contribution in [2.24, 2.45) is 0 Å². The van der Waals surface area contributed by atoms with E-state index in [2.05, 4.69) is 4.72 Å². The standard InChI is InChI=1S/C15H13ClN2O4S/c16-12-4-6-13(7-5-12)18-23(21,22)14-8-1-11(2-9-14)3-10-15(19)17-20/h1-10,18,20H,(H,17,19)/b10-3+. The fraction of sp³-hybridized carbons (Fsp3) is 0. The van der Waals surface area contributed by atoms with Crippen LogP contribution in [0, 0.1) is 0 Å². The van der Waals surface area contributed by atoms with Gasteiger partial charge in [-0.1, -0.05) is 23.7 Å². The topological polar surface area (TPSA) is 95.5 Å². The second-order valence-electron chi connectivity index (χ2n) is 4.49. The van der Waals surface area contributed by atoms with Crippen LogP contribution in [0.15, 0.2) is 59.5 Å². The lowest BCUT2D eigenvalue weighted by molar-refractivity contribution is -0.124. The molecule has 120 valence electrons. The van der Waals surface area contributed by atoms with Gasteiger partial charge in [-0.2, -0.15) is 0 Å². The number of carbonyl (C=O) groups excluding carboxylic acids is 1. The van der Waals surface area contributed by atoms with E-state index < -0.39 is 15.9 Å². The minimum atomic E-state index is -3.72. The molecule has 8 heteroatoms. The number of nitrogens with one attached hydrogen (secondary N) is 2. The number of rotatable bonds is 5. The molecule has 0 atom stereocenters. The molecule has 0 aliphatic carbocycles. The predicted molar refractivity (Wildman–Crippen MR) is 87.7 cm³/mol. The van der Waals surface area contributed by atoms with Gasteiger partial charge >= 0.3 is 0 Å². The van der Waals surface area contributed by atoms with Gasteiger partial charge < -0.3 is 0 Å². The van der Waals surface area contributed by atoms with E-state index in [0.717, 1.165) is 6.08 Å². The molecule has 0 unspecified atom stereocenters. The first-order valence-corrected chi connectivity index (χ1v) is 8.27. The van der Waals surface area contributed by atoms with Gasteiger partial charge in [0.05, 0.1) is 4.90 Å². The van der Waals surface area contributed by atoms with Crippen LogP contribution in [0.25, 0.3) is 6.08 Å². The number of hydrogen-bond acceptors (Lipinski definition) is 4. The third-order valence-corrected chi connectivity index (χ3v) is 4.47. The van der Waals surface area contributed by atoms with E-state index in [1.165, 1.54) is 35.8 Å². The fourth-order valence-electron chi connectivity index (χ4n) is 1.70. The van der Waals surface area contributed by atoms with Crippen LogP contribution in [0.3, 0.4) is 0 Å². The van der Waals surface area contributed by atoms with Gasteiger partial charge in [-0.3, -0.25) is 14.7 Å². The number of amides is 1. The number of carbonyl (C=O) groups is 1. The molecular weight excluding hydrogens is 340 g/mol. The van der Waals surface area contributed by atoms with Gasteiger partial charge in [-0.15, -0.1) is 0 Å². The van der Waals surface area contributed by atoms with E-state index in [1.807, 2.05) is 0 Å². The van der Waals surface area contributed by atoms with E-state index >= 15 is 0 Å². The van der Waals surface area contributed by atoms with E-state index in [0.29, 0.717) is 16.3 Å². The number of hydrogen-bond donors (Lipinski definition) is 3. The van der Waals surface area contributed by atoms with Crippen molar-refractivity contribution in [3.8, 4) is 0 Å². The molecule has 0 aliphatic rings. The number of sulfonamides is 1. The predicted octanol–water partition coefficient (Wildman–Crippen LogP) is 2.66. The van der Waals surface area contributed by atoms with Gasteiger partial charge in [0.2, 0.25) is 0 Å². The van der Waals surface area contributed by atoms with Gasteiger partial charge in [0.25, 0.3) is 15.9 Å². The molecular formula is C15H13ClN2O4S. The zero-order valence-electron chi connectivity index (χ0n) is 11.7. The van der Waals surface area contributed by atoms with Crippen LogP contribution < -0.4 is 10.2 Å². The van der Waals surface area contributed by atoms with E-state index in [-0.39, 0.29) is 4.90 Å². The maximum Gasteiger partial charge on any atom is 0.267 e. The van der Waals surface area contributed by atoms with Crippen LogP contribution in [0.4, 0.5) is 5.69 Å². The van der Waals surface area contributed by atoms with Crippen molar-refractivity contribution in [1.29, 1.82) is 0 Å². The van der Waals surface area contributed by atoms with Crippen LogP contribution in [0.1, 0.15) is 5.56 Å². The van der Waals surface area contributed by atoms with Crippen molar-refractivity contribution in [3.63, 3.8) is 0 Å². The molecule has 0 saturated carbocycles. The molecule has 0 spiro atoms. The molecule has 2 rings (SSSR count). The monoisotopic (exact) mass is 352 g/mol. The lowest BCUT2D eigenvalue weighted by Crippen LogP contribution is -2.14. The minimum Gasteiger partial charge on any atom is -0.288 e. The summed E-state index contributed by atoms with van der Waals surface area (Å²) in [5.41, 5.74) is 2.47. The molecule has 0 aliphatic heterocycles. The van der Waals surface area contributed by atoms with Crippen LogP contribution in [-0.2, 0) is 14.8 Å². The van der Waals surface area contributed by atoms with Gasteiger partial charge in [0.1, 0.15) is 0 Å². The summed E-state index contributed by atoms with van der Waals surface area (Å²) < 4.78 is 26.9. The van der Waals surface area contributed by atoms with E-state index in [9.17, 15) is 13.2 Å². The molecule has 0 bridgehead atoms. The third-order valence-electron chi connectivity index (χ3n) is 2.82. The Bertz CT molecular complexity index is 816. The van der Waals surface area contributed by atoms with Crippen molar-refractivity contribution in [2.75, 3.05) is 4.72 Å². The summed E-state index contributed by atoms with van der Waals surface area (Å²) in [5, 5.41) is 8.88. The highest BCUT2D eigenvalue weighted by atomic mass is 35.5. The Morgan fingerprint density at radius 1 is 1.04 bits per heavy atom. The van der Waals surface area contributed by atoms with Gasteiger partial charge in [0.15, 0.2) is 0 Å². The highest BCUT2D eigenvalue weighted by molar-refractivity contribution is 7.92. The molecule has 2 aromatic rings. The Balaban J connectivity index is 2.15. The Morgan fingerprint density at radius 2 is 1.65 bits per heavy atom. The second kappa shape index (κ2) is 7.28. The molecule has 0 aromatic heterocycles. The molecule has 1 amide bonds. The van der Waals surface area contributed by atoms with Crippen molar-refractivity contribution in [3.05, 3.63) is 65.2 Å². The Hall–Kier alpha value is -2.35. The van der Waals surface area contributed by atoms with Crippen molar-refractivity contribution >= 4 is 39.3 Å². The number of halogens is 1. The largest absolute Gasteiger partial charge is 0.288 e. The quantitative estimate of drug-likeness (QED) is 0.438. The van der Waals surface area contributed by atoms with Crippen LogP contribution >= 0.6 is 11.6 Å². The zero-order valence-corrected chi connectivity index (χ0v) is 13.3. The molecule has 0 fully saturated rings. The molecule has 3 N–H and O–H groups in total. The lowest BCUT2D eigenvalue weighted by atomic mass is 10.2. The van der Waals surface area contributed by atoms with Crippen molar-refractivity contribution in [2.45, 2.75) is 4.90 Å². The lowest BCUT2D eigenvalue weighted by Gasteiger charge is -2.08. The average Bonchev–Trinajstić information content (AvgIpc) is 2.55. The average molecular weight is 353 g/mol. The highest BCUT2D eigenvalue weighted by Gasteiger charge is 2.13. The first-order valence-electron chi connectivity index (χ1n) is 6.41. The summed E-state index contributed by atoms with van der Waals surface area (Å²) in [6, 6.07) is 12.2. The molecule has 2 aromatic carbocycles. The number of hydroxylamine groups is 1.